The Hall–Kier alpha value is -0.0800. The van der Waals surface area contributed by atoms with Crippen molar-refractivity contribution >= 4 is 0 Å². The maximum absolute atomic E-state index is 3.48. The van der Waals surface area contributed by atoms with Gasteiger partial charge in [0.1, 0.15) is 0 Å². The lowest BCUT2D eigenvalue weighted by molar-refractivity contribution is 0.296. The van der Waals surface area contributed by atoms with Gasteiger partial charge in [0.2, 0.25) is 0 Å². The first-order valence-corrected chi connectivity index (χ1v) is 5.83. The van der Waals surface area contributed by atoms with Gasteiger partial charge in [0.05, 0.1) is 0 Å². The number of hydrogen-bond acceptors (Lipinski definition) is 2. The molecule has 2 aliphatic rings. The Balaban J connectivity index is 1.76. The highest BCUT2D eigenvalue weighted by atomic mass is 15.1. The Morgan fingerprint density at radius 1 is 1.31 bits per heavy atom. The third-order valence-electron chi connectivity index (χ3n) is 3.61. The van der Waals surface area contributed by atoms with Gasteiger partial charge in [-0.2, -0.15) is 0 Å². The minimum absolute atomic E-state index is 0.988. The van der Waals surface area contributed by atoms with Crippen LogP contribution in [-0.2, 0) is 0 Å². The molecule has 0 aromatic carbocycles. The van der Waals surface area contributed by atoms with Gasteiger partial charge in [-0.25, -0.2) is 0 Å². The average molecular weight is 182 g/mol. The van der Waals surface area contributed by atoms with Crippen LogP contribution in [0.25, 0.3) is 0 Å². The maximum atomic E-state index is 3.48. The van der Waals surface area contributed by atoms with E-state index in [1.165, 1.54) is 52.0 Å². The van der Waals surface area contributed by atoms with Crippen molar-refractivity contribution in [2.24, 2.45) is 11.8 Å². The SMILES string of the molecule is CCCN1CCC(C2CCNC2)C1. The molecule has 76 valence electrons. The summed E-state index contributed by atoms with van der Waals surface area (Å²) in [5.41, 5.74) is 0. The molecule has 0 bridgehead atoms. The second-order valence-electron chi connectivity index (χ2n) is 4.60. The lowest BCUT2D eigenvalue weighted by Gasteiger charge is -2.18. The Kier molecular flexibility index (Phi) is 3.23. The van der Waals surface area contributed by atoms with Crippen LogP contribution in [0.3, 0.4) is 0 Å². The number of nitrogens with one attached hydrogen (secondary N) is 1. The van der Waals surface area contributed by atoms with Crippen LogP contribution in [-0.4, -0.2) is 37.6 Å². The van der Waals surface area contributed by atoms with E-state index in [0.717, 1.165) is 11.8 Å². The maximum Gasteiger partial charge on any atom is 0.00133 e. The molecule has 2 nitrogen and oxygen atoms in total. The van der Waals surface area contributed by atoms with Gasteiger partial charge in [-0.3, -0.25) is 0 Å². The van der Waals surface area contributed by atoms with Crippen molar-refractivity contribution < 1.29 is 0 Å². The number of rotatable bonds is 3. The van der Waals surface area contributed by atoms with Gasteiger partial charge in [0, 0.05) is 6.54 Å². The van der Waals surface area contributed by atoms with Gasteiger partial charge in [-0.15, -0.1) is 0 Å². The summed E-state index contributed by atoms with van der Waals surface area (Å²) in [7, 11) is 0. The smallest absolute Gasteiger partial charge is 0.00133 e. The molecule has 2 unspecified atom stereocenters. The normalized spacial score (nSPS) is 35.8. The molecule has 13 heavy (non-hydrogen) atoms. The lowest BCUT2D eigenvalue weighted by Crippen LogP contribution is -2.24. The molecule has 2 heterocycles. The Labute approximate surface area is 81.7 Å². The molecule has 1 N–H and O–H groups in total. The van der Waals surface area contributed by atoms with Gasteiger partial charge >= 0.3 is 0 Å². The van der Waals surface area contributed by atoms with Gasteiger partial charge in [-0.05, 0) is 57.3 Å². The molecular formula is C11H22N2. The molecular weight excluding hydrogens is 160 g/mol. The summed E-state index contributed by atoms with van der Waals surface area (Å²) >= 11 is 0. The van der Waals surface area contributed by atoms with Crippen molar-refractivity contribution in [1.29, 1.82) is 0 Å². The first kappa shape index (κ1) is 9.47. The molecule has 0 saturated carbocycles. The quantitative estimate of drug-likeness (QED) is 0.708. The van der Waals surface area contributed by atoms with Crippen molar-refractivity contribution in [3.05, 3.63) is 0 Å². The van der Waals surface area contributed by atoms with E-state index in [0.29, 0.717) is 0 Å². The molecule has 0 radical (unpaired) electrons. The van der Waals surface area contributed by atoms with Crippen LogP contribution in [0.2, 0.25) is 0 Å². The second kappa shape index (κ2) is 4.43. The molecule has 2 aliphatic heterocycles. The monoisotopic (exact) mass is 182 g/mol. The fraction of sp³-hybridized carbons (Fsp3) is 1.00. The van der Waals surface area contributed by atoms with E-state index < -0.39 is 0 Å². The molecule has 2 atom stereocenters. The molecule has 0 amide bonds. The van der Waals surface area contributed by atoms with E-state index in [9.17, 15) is 0 Å². The van der Waals surface area contributed by atoms with E-state index in [1.807, 2.05) is 0 Å². The zero-order valence-electron chi connectivity index (χ0n) is 8.76. The summed E-state index contributed by atoms with van der Waals surface area (Å²) in [5.74, 6) is 1.99. The number of likely N-dealkylation sites (tertiary alicyclic amines) is 1. The van der Waals surface area contributed by atoms with Crippen LogP contribution < -0.4 is 5.32 Å². The first-order valence-electron chi connectivity index (χ1n) is 5.83. The number of nitrogens with zero attached hydrogens (tertiary/aromatic N) is 1. The van der Waals surface area contributed by atoms with Crippen LogP contribution in [0.4, 0.5) is 0 Å². The molecule has 0 aliphatic carbocycles. The molecule has 2 fully saturated rings. The predicted octanol–water partition coefficient (Wildman–Crippen LogP) is 1.33. The van der Waals surface area contributed by atoms with Crippen LogP contribution in [0.5, 0.6) is 0 Å². The molecule has 2 saturated heterocycles. The highest BCUT2D eigenvalue weighted by molar-refractivity contribution is 4.85. The molecule has 0 spiro atoms. The summed E-state index contributed by atoms with van der Waals surface area (Å²) in [6.45, 7) is 8.87. The summed E-state index contributed by atoms with van der Waals surface area (Å²) in [6.07, 6.45) is 4.19. The second-order valence-corrected chi connectivity index (χ2v) is 4.60. The first-order chi connectivity index (χ1) is 6.40. The molecule has 2 rings (SSSR count). The topological polar surface area (TPSA) is 15.3 Å². The summed E-state index contributed by atoms with van der Waals surface area (Å²) in [5, 5.41) is 3.48. The fourth-order valence-corrected chi connectivity index (χ4v) is 2.85. The van der Waals surface area contributed by atoms with Crippen molar-refractivity contribution in [3.63, 3.8) is 0 Å². The Morgan fingerprint density at radius 2 is 2.23 bits per heavy atom. The standard InChI is InChI=1S/C11H22N2/c1-2-6-13-7-4-11(9-13)10-3-5-12-8-10/h10-12H,2-9H2,1H3. The third kappa shape index (κ3) is 2.23. The molecule has 0 aromatic heterocycles. The van der Waals surface area contributed by atoms with Crippen molar-refractivity contribution in [2.45, 2.75) is 26.2 Å². The van der Waals surface area contributed by atoms with E-state index in [1.54, 1.807) is 0 Å². The van der Waals surface area contributed by atoms with Crippen molar-refractivity contribution in [2.75, 3.05) is 32.7 Å². The minimum atomic E-state index is 0.988. The highest BCUT2D eigenvalue weighted by Gasteiger charge is 2.30. The van der Waals surface area contributed by atoms with Crippen LogP contribution in [0, 0.1) is 11.8 Å². The fourth-order valence-electron chi connectivity index (χ4n) is 2.85. The van der Waals surface area contributed by atoms with Gasteiger partial charge in [0.25, 0.3) is 0 Å². The van der Waals surface area contributed by atoms with Gasteiger partial charge in [-0.1, -0.05) is 6.92 Å². The minimum Gasteiger partial charge on any atom is -0.316 e. The number of hydrogen-bond donors (Lipinski definition) is 1. The molecule has 2 heteroatoms. The van der Waals surface area contributed by atoms with Crippen LogP contribution in [0.1, 0.15) is 26.2 Å². The zero-order chi connectivity index (χ0) is 9.10. The third-order valence-corrected chi connectivity index (χ3v) is 3.61. The van der Waals surface area contributed by atoms with Crippen molar-refractivity contribution in [1.82, 2.24) is 10.2 Å². The van der Waals surface area contributed by atoms with E-state index in [-0.39, 0.29) is 0 Å². The largest absolute Gasteiger partial charge is 0.316 e. The predicted molar refractivity (Wildman–Crippen MR) is 55.8 cm³/mol. The summed E-state index contributed by atoms with van der Waals surface area (Å²) in [6, 6.07) is 0. The zero-order valence-corrected chi connectivity index (χ0v) is 8.76. The van der Waals surface area contributed by atoms with E-state index >= 15 is 0 Å². The Morgan fingerprint density at radius 3 is 2.92 bits per heavy atom. The summed E-state index contributed by atoms with van der Waals surface area (Å²) < 4.78 is 0. The summed E-state index contributed by atoms with van der Waals surface area (Å²) in [4.78, 5) is 2.64. The van der Waals surface area contributed by atoms with Crippen molar-refractivity contribution in [3.8, 4) is 0 Å². The van der Waals surface area contributed by atoms with E-state index in [4.69, 9.17) is 0 Å². The van der Waals surface area contributed by atoms with Gasteiger partial charge < -0.3 is 10.2 Å². The molecule has 0 aromatic rings. The van der Waals surface area contributed by atoms with Gasteiger partial charge in [0.15, 0.2) is 0 Å². The van der Waals surface area contributed by atoms with Crippen LogP contribution in [0.15, 0.2) is 0 Å². The van der Waals surface area contributed by atoms with Crippen LogP contribution >= 0.6 is 0 Å². The Bertz CT molecular complexity index is 152. The van der Waals surface area contributed by atoms with E-state index in [2.05, 4.69) is 17.1 Å². The highest BCUT2D eigenvalue weighted by Crippen LogP contribution is 2.27. The average Bonchev–Trinajstić information content (AvgIpc) is 2.70. The lowest BCUT2D eigenvalue weighted by atomic mass is 9.91.